The van der Waals surface area contributed by atoms with Crippen LogP contribution in [0.2, 0.25) is 0 Å². The first-order valence-corrected chi connectivity index (χ1v) is 7.44. The summed E-state index contributed by atoms with van der Waals surface area (Å²) in [6, 6.07) is 5.89. The molecule has 0 saturated carbocycles. The Labute approximate surface area is 120 Å². The standard InChI is InChI=1S/C16H24N2O2/c1-12(2)20-11-5-10-18-16(19)14-6-3-8-15-13(14)7-4-9-17-15/h3,6,8,12,17H,4-5,7,9-11H2,1-2H3,(H,18,19). The van der Waals surface area contributed by atoms with Crippen LogP contribution >= 0.6 is 0 Å². The van der Waals surface area contributed by atoms with Gasteiger partial charge in [0.05, 0.1) is 6.10 Å². The first-order valence-electron chi connectivity index (χ1n) is 7.44. The number of nitrogens with one attached hydrogen (secondary N) is 2. The Hall–Kier alpha value is -1.55. The number of anilines is 1. The Balaban J connectivity index is 1.86. The summed E-state index contributed by atoms with van der Waals surface area (Å²) >= 11 is 0. The third-order valence-corrected chi connectivity index (χ3v) is 3.40. The number of amides is 1. The molecule has 1 amide bonds. The number of carbonyl (C=O) groups is 1. The normalized spacial score (nSPS) is 13.8. The van der Waals surface area contributed by atoms with Crippen molar-refractivity contribution in [2.24, 2.45) is 0 Å². The van der Waals surface area contributed by atoms with Gasteiger partial charge < -0.3 is 15.4 Å². The van der Waals surface area contributed by atoms with Crippen LogP contribution in [0.1, 0.15) is 42.6 Å². The highest BCUT2D eigenvalue weighted by atomic mass is 16.5. The lowest BCUT2D eigenvalue weighted by Gasteiger charge is -2.20. The van der Waals surface area contributed by atoms with Crippen LogP contribution in [0.5, 0.6) is 0 Å². The van der Waals surface area contributed by atoms with Crippen molar-refractivity contribution < 1.29 is 9.53 Å². The zero-order chi connectivity index (χ0) is 14.4. The summed E-state index contributed by atoms with van der Waals surface area (Å²) in [6.45, 7) is 6.36. The first kappa shape index (κ1) is 14.9. The van der Waals surface area contributed by atoms with Gasteiger partial charge in [0.25, 0.3) is 5.91 Å². The molecule has 0 aromatic heterocycles. The Morgan fingerprint density at radius 1 is 1.45 bits per heavy atom. The van der Waals surface area contributed by atoms with E-state index in [0.29, 0.717) is 13.2 Å². The van der Waals surface area contributed by atoms with Crippen molar-refractivity contribution in [2.45, 2.75) is 39.2 Å². The van der Waals surface area contributed by atoms with Gasteiger partial charge in [0.1, 0.15) is 0 Å². The molecule has 0 bridgehead atoms. The van der Waals surface area contributed by atoms with Crippen LogP contribution in [0, 0.1) is 0 Å². The van der Waals surface area contributed by atoms with E-state index in [2.05, 4.69) is 10.6 Å². The maximum Gasteiger partial charge on any atom is 0.251 e. The number of hydrogen-bond donors (Lipinski definition) is 2. The lowest BCUT2D eigenvalue weighted by Crippen LogP contribution is -2.27. The van der Waals surface area contributed by atoms with Crippen molar-refractivity contribution in [3.05, 3.63) is 29.3 Å². The van der Waals surface area contributed by atoms with Crippen molar-refractivity contribution in [3.8, 4) is 0 Å². The van der Waals surface area contributed by atoms with Gasteiger partial charge >= 0.3 is 0 Å². The predicted octanol–water partition coefficient (Wildman–Crippen LogP) is 2.59. The van der Waals surface area contributed by atoms with Crippen LogP contribution in [0.3, 0.4) is 0 Å². The number of hydrogen-bond acceptors (Lipinski definition) is 3. The van der Waals surface area contributed by atoms with Crippen LogP contribution in [-0.2, 0) is 11.2 Å². The quantitative estimate of drug-likeness (QED) is 0.785. The van der Waals surface area contributed by atoms with Crippen molar-refractivity contribution in [1.29, 1.82) is 0 Å². The summed E-state index contributed by atoms with van der Waals surface area (Å²) < 4.78 is 5.46. The highest BCUT2D eigenvalue weighted by Gasteiger charge is 2.16. The van der Waals surface area contributed by atoms with E-state index in [9.17, 15) is 4.79 Å². The average molecular weight is 276 g/mol. The molecule has 0 aliphatic carbocycles. The van der Waals surface area contributed by atoms with Gasteiger partial charge in [-0.15, -0.1) is 0 Å². The molecule has 1 aliphatic heterocycles. The molecule has 0 atom stereocenters. The topological polar surface area (TPSA) is 50.4 Å². The molecule has 0 saturated heterocycles. The van der Waals surface area contributed by atoms with E-state index in [4.69, 9.17) is 4.74 Å². The molecule has 110 valence electrons. The largest absolute Gasteiger partial charge is 0.385 e. The molecule has 0 fully saturated rings. The number of benzene rings is 1. The summed E-state index contributed by atoms with van der Waals surface area (Å²) in [7, 11) is 0. The van der Waals surface area contributed by atoms with E-state index in [-0.39, 0.29) is 12.0 Å². The monoisotopic (exact) mass is 276 g/mol. The summed E-state index contributed by atoms with van der Waals surface area (Å²) in [6.07, 6.45) is 3.15. The van der Waals surface area contributed by atoms with Crippen LogP contribution in [0.4, 0.5) is 5.69 Å². The maximum absolute atomic E-state index is 12.2. The van der Waals surface area contributed by atoms with Crippen LogP contribution in [-0.4, -0.2) is 31.7 Å². The summed E-state index contributed by atoms with van der Waals surface area (Å²) in [5.74, 6) is 0.0232. The molecule has 1 aromatic carbocycles. The highest BCUT2D eigenvalue weighted by Crippen LogP contribution is 2.25. The van der Waals surface area contributed by atoms with Crippen molar-refractivity contribution in [2.75, 3.05) is 25.0 Å². The molecular weight excluding hydrogens is 252 g/mol. The fourth-order valence-corrected chi connectivity index (χ4v) is 2.41. The Morgan fingerprint density at radius 3 is 3.10 bits per heavy atom. The lowest BCUT2D eigenvalue weighted by atomic mass is 9.97. The Morgan fingerprint density at radius 2 is 2.30 bits per heavy atom. The zero-order valence-corrected chi connectivity index (χ0v) is 12.4. The second-order valence-corrected chi connectivity index (χ2v) is 5.39. The first-order chi connectivity index (χ1) is 9.68. The van der Waals surface area contributed by atoms with E-state index >= 15 is 0 Å². The highest BCUT2D eigenvalue weighted by molar-refractivity contribution is 5.97. The number of carbonyl (C=O) groups excluding carboxylic acids is 1. The molecule has 2 rings (SSSR count). The van der Waals surface area contributed by atoms with Gasteiger partial charge in [0.15, 0.2) is 0 Å². The van der Waals surface area contributed by atoms with E-state index in [0.717, 1.165) is 42.6 Å². The SMILES string of the molecule is CC(C)OCCCNC(=O)c1cccc2c1CCCN2. The summed E-state index contributed by atoms with van der Waals surface area (Å²) in [4.78, 5) is 12.2. The lowest BCUT2D eigenvalue weighted by molar-refractivity contribution is 0.0757. The minimum absolute atomic E-state index is 0.0232. The number of fused-ring (bicyclic) bond motifs is 1. The van der Waals surface area contributed by atoms with Gasteiger partial charge in [-0.3, -0.25) is 4.79 Å². The maximum atomic E-state index is 12.2. The van der Waals surface area contributed by atoms with Crippen LogP contribution in [0.15, 0.2) is 18.2 Å². The van der Waals surface area contributed by atoms with Gasteiger partial charge in [0.2, 0.25) is 0 Å². The molecular formula is C16H24N2O2. The predicted molar refractivity (Wildman–Crippen MR) is 81.3 cm³/mol. The molecule has 2 N–H and O–H groups in total. The number of rotatable bonds is 6. The van der Waals surface area contributed by atoms with Crippen LogP contribution in [0.25, 0.3) is 0 Å². The fourth-order valence-electron chi connectivity index (χ4n) is 2.41. The minimum atomic E-state index is 0.0232. The fraction of sp³-hybridized carbons (Fsp3) is 0.562. The van der Waals surface area contributed by atoms with Gasteiger partial charge in [-0.2, -0.15) is 0 Å². The molecule has 0 unspecified atom stereocenters. The summed E-state index contributed by atoms with van der Waals surface area (Å²) in [5.41, 5.74) is 3.06. The van der Waals surface area contributed by atoms with Crippen LogP contribution < -0.4 is 10.6 Å². The molecule has 4 heteroatoms. The Bertz CT molecular complexity index is 458. The number of ether oxygens (including phenoxy) is 1. The van der Waals surface area contributed by atoms with Gasteiger partial charge in [-0.05, 0) is 50.8 Å². The third-order valence-electron chi connectivity index (χ3n) is 3.40. The van der Waals surface area contributed by atoms with Crippen molar-refractivity contribution >= 4 is 11.6 Å². The molecule has 4 nitrogen and oxygen atoms in total. The van der Waals surface area contributed by atoms with E-state index in [1.807, 2.05) is 32.0 Å². The van der Waals surface area contributed by atoms with E-state index in [1.54, 1.807) is 0 Å². The Kier molecular flexibility index (Phi) is 5.41. The second kappa shape index (κ2) is 7.29. The van der Waals surface area contributed by atoms with Gasteiger partial charge in [0, 0.05) is 30.9 Å². The molecule has 1 aromatic rings. The molecule has 20 heavy (non-hydrogen) atoms. The van der Waals surface area contributed by atoms with Crippen molar-refractivity contribution in [1.82, 2.24) is 5.32 Å². The van der Waals surface area contributed by atoms with E-state index in [1.165, 1.54) is 0 Å². The molecule has 1 heterocycles. The average Bonchev–Trinajstić information content (AvgIpc) is 2.45. The smallest absolute Gasteiger partial charge is 0.251 e. The second-order valence-electron chi connectivity index (χ2n) is 5.39. The van der Waals surface area contributed by atoms with Crippen molar-refractivity contribution in [3.63, 3.8) is 0 Å². The molecule has 0 radical (unpaired) electrons. The molecule has 1 aliphatic rings. The van der Waals surface area contributed by atoms with Gasteiger partial charge in [-0.1, -0.05) is 6.07 Å². The van der Waals surface area contributed by atoms with Gasteiger partial charge in [-0.25, -0.2) is 0 Å². The van der Waals surface area contributed by atoms with E-state index < -0.39 is 0 Å². The summed E-state index contributed by atoms with van der Waals surface area (Å²) in [5, 5.41) is 6.32. The minimum Gasteiger partial charge on any atom is -0.385 e. The third kappa shape index (κ3) is 3.97. The molecule has 0 spiro atoms. The zero-order valence-electron chi connectivity index (χ0n) is 12.4.